The third-order valence-corrected chi connectivity index (χ3v) is 3.73. The van der Waals surface area contributed by atoms with Crippen LogP contribution in [0, 0.1) is 0 Å². The normalized spacial score (nSPS) is 15.8. The molecule has 1 fully saturated rings. The second-order valence-electron chi connectivity index (χ2n) is 5.36. The number of hydrogen-bond donors (Lipinski definition) is 2. The number of benzene rings is 1. The maximum atomic E-state index is 11.9. The first-order chi connectivity index (χ1) is 9.81. The highest BCUT2D eigenvalue weighted by molar-refractivity contribution is 5.94. The molecule has 1 heterocycles. The van der Waals surface area contributed by atoms with Crippen LogP contribution in [0.15, 0.2) is 24.3 Å². The molecule has 3 N–H and O–H groups in total. The Labute approximate surface area is 121 Å². The van der Waals surface area contributed by atoms with Crippen LogP contribution in [0.2, 0.25) is 0 Å². The molecule has 1 aromatic rings. The lowest BCUT2D eigenvalue weighted by atomic mass is 10.2. The highest BCUT2D eigenvalue weighted by Gasteiger charge is 2.14. The van der Waals surface area contributed by atoms with E-state index in [4.69, 9.17) is 5.73 Å². The summed E-state index contributed by atoms with van der Waals surface area (Å²) in [5, 5.41) is 3.03. The molecule has 1 amide bonds. The van der Waals surface area contributed by atoms with Crippen molar-refractivity contribution in [3.8, 4) is 0 Å². The molecule has 2 rings (SSSR count). The second kappa shape index (κ2) is 7.90. The average Bonchev–Trinajstić information content (AvgIpc) is 2.75. The molecule has 0 aliphatic carbocycles. The van der Waals surface area contributed by atoms with Gasteiger partial charge in [-0.3, -0.25) is 4.79 Å². The summed E-state index contributed by atoms with van der Waals surface area (Å²) in [6.45, 7) is 2.71. The van der Waals surface area contributed by atoms with Gasteiger partial charge in [-0.2, -0.15) is 0 Å². The summed E-state index contributed by atoms with van der Waals surface area (Å²) in [4.78, 5) is 14.3. The summed E-state index contributed by atoms with van der Waals surface area (Å²) in [6.07, 6.45) is 6.30. The van der Waals surface area contributed by atoms with Crippen molar-refractivity contribution < 1.29 is 4.79 Å². The molecule has 4 heteroatoms. The van der Waals surface area contributed by atoms with E-state index < -0.39 is 0 Å². The minimum atomic E-state index is 0.0534. The third-order valence-electron chi connectivity index (χ3n) is 3.73. The van der Waals surface area contributed by atoms with Crippen molar-refractivity contribution in [2.45, 2.75) is 38.5 Å². The number of nitrogens with one attached hydrogen (secondary N) is 1. The number of hydrogen-bond acceptors (Lipinski definition) is 3. The lowest BCUT2D eigenvalue weighted by molar-refractivity contribution is -0.116. The van der Waals surface area contributed by atoms with Gasteiger partial charge in [0, 0.05) is 19.5 Å². The highest BCUT2D eigenvalue weighted by Crippen LogP contribution is 2.28. The van der Waals surface area contributed by atoms with Crippen LogP contribution in [0.5, 0.6) is 0 Å². The molecule has 0 atom stereocenters. The lowest BCUT2D eigenvalue weighted by Gasteiger charge is -2.25. The molecule has 110 valence electrons. The number of rotatable bonds is 5. The van der Waals surface area contributed by atoms with Crippen molar-refractivity contribution in [2.24, 2.45) is 5.73 Å². The number of nitrogens with zero attached hydrogens (tertiary/aromatic N) is 1. The highest BCUT2D eigenvalue weighted by atomic mass is 16.1. The van der Waals surface area contributed by atoms with Gasteiger partial charge in [0.2, 0.25) is 5.91 Å². The molecule has 1 saturated heterocycles. The fourth-order valence-corrected chi connectivity index (χ4v) is 2.64. The molecular weight excluding hydrogens is 250 g/mol. The van der Waals surface area contributed by atoms with Crippen LogP contribution in [0.25, 0.3) is 0 Å². The fraction of sp³-hybridized carbons (Fsp3) is 0.562. The summed E-state index contributed by atoms with van der Waals surface area (Å²) < 4.78 is 0. The van der Waals surface area contributed by atoms with Crippen LogP contribution in [0.3, 0.4) is 0 Å². The topological polar surface area (TPSA) is 58.4 Å². The Morgan fingerprint density at radius 1 is 1.15 bits per heavy atom. The van der Waals surface area contributed by atoms with Crippen LogP contribution < -0.4 is 16.0 Å². The van der Waals surface area contributed by atoms with Gasteiger partial charge in [-0.15, -0.1) is 0 Å². The standard InChI is InChI=1S/C16H25N3O/c17-11-7-10-16(20)18-14-8-3-4-9-15(14)19-12-5-1-2-6-13-19/h3-4,8-9H,1-2,5-7,10-13,17H2,(H,18,20). The smallest absolute Gasteiger partial charge is 0.224 e. The molecule has 1 aliphatic rings. The predicted octanol–water partition coefficient (Wildman–Crippen LogP) is 2.74. The van der Waals surface area contributed by atoms with E-state index in [0.29, 0.717) is 13.0 Å². The van der Waals surface area contributed by atoms with Crippen LogP contribution in [-0.2, 0) is 4.79 Å². The Kier molecular flexibility index (Phi) is 5.87. The summed E-state index contributed by atoms with van der Waals surface area (Å²) in [6, 6.07) is 8.10. The van der Waals surface area contributed by atoms with Crippen LogP contribution in [-0.4, -0.2) is 25.5 Å². The Morgan fingerprint density at radius 2 is 1.85 bits per heavy atom. The van der Waals surface area contributed by atoms with Gasteiger partial charge in [0.05, 0.1) is 11.4 Å². The van der Waals surface area contributed by atoms with Gasteiger partial charge in [0.1, 0.15) is 0 Å². The van der Waals surface area contributed by atoms with Gasteiger partial charge in [-0.1, -0.05) is 25.0 Å². The van der Waals surface area contributed by atoms with Gasteiger partial charge in [0.15, 0.2) is 0 Å². The first-order valence-corrected chi connectivity index (χ1v) is 7.65. The Hall–Kier alpha value is -1.55. The van der Waals surface area contributed by atoms with Crippen molar-refractivity contribution in [2.75, 3.05) is 29.9 Å². The minimum Gasteiger partial charge on any atom is -0.370 e. The van der Waals surface area contributed by atoms with E-state index in [9.17, 15) is 4.79 Å². The van der Waals surface area contributed by atoms with Crippen molar-refractivity contribution in [3.05, 3.63) is 24.3 Å². The molecule has 0 aromatic heterocycles. The van der Waals surface area contributed by atoms with Gasteiger partial charge >= 0.3 is 0 Å². The summed E-state index contributed by atoms with van der Waals surface area (Å²) >= 11 is 0. The monoisotopic (exact) mass is 275 g/mol. The van der Waals surface area contributed by atoms with E-state index in [1.807, 2.05) is 18.2 Å². The molecule has 0 saturated carbocycles. The third kappa shape index (κ3) is 4.23. The molecular formula is C16H25N3O. The minimum absolute atomic E-state index is 0.0534. The van der Waals surface area contributed by atoms with E-state index in [1.165, 1.54) is 25.7 Å². The molecule has 0 spiro atoms. The van der Waals surface area contributed by atoms with Crippen molar-refractivity contribution >= 4 is 17.3 Å². The van der Waals surface area contributed by atoms with Crippen LogP contribution >= 0.6 is 0 Å². The van der Waals surface area contributed by atoms with E-state index in [0.717, 1.165) is 30.9 Å². The molecule has 20 heavy (non-hydrogen) atoms. The molecule has 0 bridgehead atoms. The Balaban J connectivity index is 2.06. The Morgan fingerprint density at radius 3 is 2.55 bits per heavy atom. The Bertz CT molecular complexity index is 425. The zero-order chi connectivity index (χ0) is 14.2. The van der Waals surface area contributed by atoms with Crippen LogP contribution in [0.1, 0.15) is 38.5 Å². The lowest BCUT2D eigenvalue weighted by Crippen LogP contribution is -2.25. The largest absolute Gasteiger partial charge is 0.370 e. The van der Waals surface area contributed by atoms with Gasteiger partial charge in [0.25, 0.3) is 0 Å². The maximum Gasteiger partial charge on any atom is 0.224 e. The van der Waals surface area contributed by atoms with Gasteiger partial charge in [-0.25, -0.2) is 0 Å². The number of carbonyl (C=O) groups is 1. The molecule has 0 radical (unpaired) electrons. The van der Waals surface area contributed by atoms with Crippen LogP contribution in [0.4, 0.5) is 11.4 Å². The number of amides is 1. The van der Waals surface area contributed by atoms with Gasteiger partial charge in [-0.05, 0) is 37.9 Å². The first kappa shape index (κ1) is 14.9. The fourth-order valence-electron chi connectivity index (χ4n) is 2.64. The molecule has 0 unspecified atom stereocenters. The van der Waals surface area contributed by atoms with Crippen molar-refractivity contribution in [3.63, 3.8) is 0 Å². The van der Waals surface area contributed by atoms with E-state index in [2.05, 4.69) is 16.3 Å². The second-order valence-corrected chi connectivity index (χ2v) is 5.36. The SMILES string of the molecule is NCCCC(=O)Nc1ccccc1N1CCCCCC1. The summed E-state index contributed by atoms with van der Waals surface area (Å²) in [7, 11) is 0. The van der Waals surface area contributed by atoms with E-state index in [1.54, 1.807) is 0 Å². The zero-order valence-electron chi connectivity index (χ0n) is 12.1. The number of nitrogens with two attached hydrogens (primary N) is 1. The van der Waals surface area contributed by atoms with E-state index >= 15 is 0 Å². The quantitative estimate of drug-likeness (QED) is 0.868. The maximum absolute atomic E-state index is 11.9. The molecule has 4 nitrogen and oxygen atoms in total. The average molecular weight is 275 g/mol. The van der Waals surface area contributed by atoms with E-state index in [-0.39, 0.29) is 5.91 Å². The van der Waals surface area contributed by atoms with Gasteiger partial charge < -0.3 is 16.0 Å². The van der Waals surface area contributed by atoms with Crippen molar-refractivity contribution in [1.82, 2.24) is 0 Å². The first-order valence-electron chi connectivity index (χ1n) is 7.65. The number of carbonyl (C=O) groups excluding carboxylic acids is 1. The van der Waals surface area contributed by atoms with Crippen molar-refractivity contribution in [1.29, 1.82) is 0 Å². The molecule has 1 aliphatic heterocycles. The zero-order valence-corrected chi connectivity index (χ0v) is 12.1. The number of para-hydroxylation sites is 2. The molecule has 1 aromatic carbocycles. The number of anilines is 2. The predicted molar refractivity (Wildman–Crippen MR) is 84.0 cm³/mol. The summed E-state index contributed by atoms with van der Waals surface area (Å²) in [5.41, 5.74) is 7.52. The summed E-state index contributed by atoms with van der Waals surface area (Å²) in [5.74, 6) is 0.0534.